The molecule has 2 N–H and O–H groups in total. The molecule has 0 atom stereocenters. The maximum atomic E-state index is 14.5. The number of halogens is 2. The van der Waals surface area contributed by atoms with Crippen LogP contribution in [0.1, 0.15) is 22.3 Å². The molecule has 134 valence electrons. The molecule has 0 aliphatic carbocycles. The second-order valence-electron chi connectivity index (χ2n) is 5.93. The van der Waals surface area contributed by atoms with Crippen LogP contribution in [0.5, 0.6) is 0 Å². The number of para-hydroxylation sites is 1. The molecule has 5 nitrogen and oxygen atoms in total. The standard InChI is InChI=1S/C19H16F2N2O3/c20-19(21)9-10-23(18(26)12-5-7-13(22)8-6-12)16-4-2-1-3-14(16)15(19)11-17(24)25/h1-8,11H,9-10,22H2,(H,24,25)/p-1/b15-11-. The second kappa shape index (κ2) is 6.59. The van der Waals surface area contributed by atoms with E-state index in [2.05, 4.69) is 0 Å². The zero-order valence-corrected chi connectivity index (χ0v) is 13.6. The largest absolute Gasteiger partial charge is 0.545 e. The van der Waals surface area contributed by atoms with Crippen LogP contribution in [0.15, 0.2) is 54.6 Å². The van der Waals surface area contributed by atoms with Crippen LogP contribution >= 0.6 is 0 Å². The summed E-state index contributed by atoms with van der Waals surface area (Å²) in [5, 5.41) is 10.9. The predicted molar refractivity (Wildman–Crippen MR) is 91.5 cm³/mol. The van der Waals surface area contributed by atoms with Gasteiger partial charge in [0.25, 0.3) is 11.8 Å². The van der Waals surface area contributed by atoms with E-state index in [1.807, 2.05) is 0 Å². The molecule has 0 unspecified atom stereocenters. The van der Waals surface area contributed by atoms with Crippen molar-refractivity contribution in [1.29, 1.82) is 0 Å². The number of fused-ring (bicyclic) bond motifs is 1. The molecule has 7 heteroatoms. The topological polar surface area (TPSA) is 86.5 Å². The van der Waals surface area contributed by atoms with E-state index < -0.39 is 29.8 Å². The maximum absolute atomic E-state index is 14.5. The summed E-state index contributed by atoms with van der Waals surface area (Å²) in [6, 6.07) is 12.1. The fourth-order valence-electron chi connectivity index (χ4n) is 2.93. The number of nitrogens with zero attached hydrogens (tertiary/aromatic N) is 1. The first-order valence-electron chi connectivity index (χ1n) is 7.87. The molecule has 26 heavy (non-hydrogen) atoms. The van der Waals surface area contributed by atoms with Gasteiger partial charge in [-0.2, -0.15) is 0 Å². The summed E-state index contributed by atoms with van der Waals surface area (Å²) in [6.07, 6.45) is -0.308. The average molecular weight is 357 g/mol. The van der Waals surface area contributed by atoms with Crippen LogP contribution in [0.4, 0.5) is 20.2 Å². The first-order valence-corrected chi connectivity index (χ1v) is 7.87. The molecule has 1 aliphatic heterocycles. The number of amides is 1. The summed E-state index contributed by atoms with van der Waals surface area (Å²) in [5.41, 5.74) is 5.93. The number of hydrogen-bond donors (Lipinski definition) is 1. The molecule has 0 fully saturated rings. The number of carbonyl (C=O) groups excluding carboxylic acids is 2. The first kappa shape index (κ1) is 17.6. The Kier molecular flexibility index (Phi) is 4.46. The third-order valence-electron chi connectivity index (χ3n) is 4.19. The minimum absolute atomic E-state index is 0.0111. The number of alkyl halides is 2. The molecule has 1 aliphatic rings. The molecular formula is C19H15F2N2O3-. The summed E-state index contributed by atoms with van der Waals surface area (Å²) >= 11 is 0. The number of benzene rings is 2. The van der Waals surface area contributed by atoms with Crippen molar-refractivity contribution >= 4 is 28.8 Å². The van der Waals surface area contributed by atoms with E-state index in [0.717, 1.165) is 0 Å². The summed E-state index contributed by atoms with van der Waals surface area (Å²) in [5.74, 6) is -5.59. The molecule has 1 heterocycles. The summed E-state index contributed by atoms with van der Waals surface area (Å²) in [7, 11) is 0. The molecule has 2 aromatic rings. The number of hydrogen-bond acceptors (Lipinski definition) is 4. The van der Waals surface area contributed by atoms with Gasteiger partial charge in [0.15, 0.2) is 0 Å². The van der Waals surface area contributed by atoms with Gasteiger partial charge in [0.1, 0.15) is 0 Å². The summed E-state index contributed by atoms with van der Waals surface area (Å²) < 4.78 is 29.1. The third-order valence-corrected chi connectivity index (χ3v) is 4.19. The number of rotatable bonds is 2. The van der Waals surface area contributed by atoms with Gasteiger partial charge in [0.2, 0.25) is 0 Å². The fourth-order valence-corrected chi connectivity index (χ4v) is 2.93. The van der Waals surface area contributed by atoms with Crippen LogP contribution in [0.3, 0.4) is 0 Å². The Morgan fingerprint density at radius 2 is 1.77 bits per heavy atom. The van der Waals surface area contributed by atoms with Crippen LogP contribution in [0.25, 0.3) is 5.57 Å². The number of carboxylic acid groups (broad SMARTS) is 1. The molecule has 0 saturated carbocycles. The lowest BCUT2D eigenvalue weighted by molar-refractivity contribution is -0.297. The van der Waals surface area contributed by atoms with E-state index in [1.54, 1.807) is 18.2 Å². The first-order chi connectivity index (χ1) is 12.3. The number of carbonyl (C=O) groups is 2. The molecule has 1 amide bonds. The molecule has 0 spiro atoms. The lowest BCUT2D eigenvalue weighted by Gasteiger charge is -2.22. The number of allylic oxidation sites excluding steroid dienone is 1. The van der Waals surface area contributed by atoms with E-state index in [4.69, 9.17) is 5.73 Å². The number of carboxylic acids is 1. The van der Waals surface area contributed by atoms with E-state index in [0.29, 0.717) is 17.3 Å². The van der Waals surface area contributed by atoms with Gasteiger partial charge in [-0.05, 0) is 36.4 Å². The van der Waals surface area contributed by atoms with Crippen molar-refractivity contribution in [2.24, 2.45) is 0 Å². The lowest BCUT2D eigenvalue weighted by Crippen LogP contribution is -2.33. The number of nitrogen functional groups attached to an aromatic ring is 1. The van der Waals surface area contributed by atoms with Crippen molar-refractivity contribution in [2.75, 3.05) is 17.2 Å². The van der Waals surface area contributed by atoms with Crippen LogP contribution in [0.2, 0.25) is 0 Å². The van der Waals surface area contributed by atoms with Crippen molar-refractivity contribution in [3.8, 4) is 0 Å². The molecule has 2 aromatic carbocycles. The Morgan fingerprint density at radius 3 is 2.42 bits per heavy atom. The van der Waals surface area contributed by atoms with Crippen molar-refractivity contribution in [1.82, 2.24) is 0 Å². The van der Waals surface area contributed by atoms with Gasteiger partial charge >= 0.3 is 0 Å². The SMILES string of the molecule is Nc1ccc(C(=O)N2CCC(F)(F)/C(=C\C(=O)[O-])c3ccccc32)cc1. The highest BCUT2D eigenvalue weighted by molar-refractivity contribution is 6.08. The Hall–Kier alpha value is -3.22. The summed E-state index contributed by atoms with van der Waals surface area (Å²) in [6.45, 7) is -0.266. The zero-order valence-electron chi connectivity index (χ0n) is 13.6. The molecule has 0 bridgehead atoms. The highest BCUT2D eigenvalue weighted by Crippen LogP contribution is 2.43. The normalized spacial score (nSPS) is 17.5. The lowest BCUT2D eigenvalue weighted by atomic mass is 9.97. The smallest absolute Gasteiger partial charge is 0.275 e. The minimum atomic E-state index is -3.41. The predicted octanol–water partition coefficient (Wildman–Crippen LogP) is 2.09. The number of anilines is 2. The highest BCUT2D eigenvalue weighted by atomic mass is 19.3. The fraction of sp³-hybridized carbons (Fsp3) is 0.158. The summed E-state index contributed by atoms with van der Waals surface area (Å²) in [4.78, 5) is 25.0. The molecule has 0 radical (unpaired) electrons. The Bertz CT molecular complexity index is 892. The van der Waals surface area contributed by atoms with Gasteiger partial charge in [-0.25, -0.2) is 8.78 Å². The number of nitrogens with two attached hydrogens (primary N) is 1. The van der Waals surface area contributed by atoms with E-state index in [-0.39, 0.29) is 17.8 Å². The molecule has 0 aromatic heterocycles. The number of aliphatic carboxylic acids is 1. The van der Waals surface area contributed by atoms with Gasteiger partial charge in [-0.15, -0.1) is 0 Å². The van der Waals surface area contributed by atoms with Crippen molar-refractivity contribution < 1.29 is 23.5 Å². The van der Waals surface area contributed by atoms with Crippen LogP contribution in [-0.2, 0) is 4.79 Å². The molecule has 0 saturated heterocycles. The van der Waals surface area contributed by atoms with Crippen LogP contribution < -0.4 is 15.7 Å². The second-order valence-corrected chi connectivity index (χ2v) is 5.93. The Morgan fingerprint density at radius 1 is 1.12 bits per heavy atom. The maximum Gasteiger partial charge on any atom is 0.275 e. The van der Waals surface area contributed by atoms with Crippen molar-refractivity contribution in [3.63, 3.8) is 0 Å². The van der Waals surface area contributed by atoms with Crippen molar-refractivity contribution in [3.05, 3.63) is 65.7 Å². The minimum Gasteiger partial charge on any atom is -0.545 e. The van der Waals surface area contributed by atoms with Gasteiger partial charge in [0, 0.05) is 35.4 Å². The van der Waals surface area contributed by atoms with Crippen LogP contribution in [-0.4, -0.2) is 24.3 Å². The molecule has 3 rings (SSSR count). The van der Waals surface area contributed by atoms with Gasteiger partial charge in [-0.3, -0.25) is 4.79 Å². The third kappa shape index (κ3) is 3.28. The highest BCUT2D eigenvalue weighted by Gasteiger charge is 2.40. The van der Waals surface area contributed by atoms with Gasteiger partial charge < -0.3 is 20.5 Å². The monoisotopic (exact) mass is 357 g/mol. The van der Waals surface area contributed by atoms with E-state index >= 15 is 0 Å². The van der Waals surface area contributed by atoms with Crippen LogP contribution in [0, 0.1) is 0 Å². The Labute approximate surface area is 148 Å². The van der Waals surface area contributed by atoms with E-state index in [9.17, 15) is 23.5 Å². The van der Waals surface area contributed by atoms with Gasteiger partial charge in [0.05, 0.1) is 11.7 Å². The molecular weight excluding hydrogens is 342 g/mol. The average Bonchev–Trinajstić information content (AvgIpc) is 2.70. The zero-order chi connectivity index (χ0) is 18.9. The van der Waals surface area contributed by atoms with Crippen molar-refractivity contribution in [2.45, 2.75) is 12.3 Å². The van der Waals surface area contributed by atoms with Gasteiger partial charge in [-0.1, -0.05) is 18.2 Å². The Balaban J connectivity index is 2.12. The van der Waals surface area contributed by atoms with E-state index in [1.165, 1.54) is 35.2 Å². The quantitative estimate of drug-likeness (QED) is 0.659.